The van der Waals surface area contributed by atoms with Crippen LogP contribution in [0.5, 0.6) is 0 Å². The molecule has 4 heterocycles. The standard InChI is InChI=1S/C18H14Cl2N4O3/c19-13-6-21-7-14(20)15(13)23-18(26)12-8-24(10-3-5-27-9-10)17-11(16(12)25)2-1-4-22-17/h1-2,4,6-8,10H,3,5,9H2,(H,21,23,26)/t10-/m0/s1. The monoisotopic (exact) mass is 404 g/mol. The van der Waals surface area contributed by atoms with Crippen LogP contribution in [0.3, 0.4) is 0 Å². The number of pyridine rings is 3. The molecule has 4 rings (SSSR count). The highest BCUT2D eigenvalue weighted by atomic mass is 35.5. The van der Waals surface area contributed by atoms with E-state index in [1.54, 1.807) is 18.3 Å². The fourth-order valence-corrected chi connectivity index (χ4v) is 3.54. The summed E-state index contributed by atoms with van der Waals surface area (Å²) in [5.74, 6) is -0.603. The van der Waals surface area contributed by atoms with Gasteiger partial charge in [0.05, 0.1) is 33.8 Å². The summed E-state index contributed by atoms with van der Waals surface area (Å²) >= 11 is 12.1. The molecule has 1 fully saturated rings. The van der Waals surface area contributed by atoms with Crippen molar-refractivity contribution in [1.82, 2.24) is 14.5 Å². The lowest BCUT2D eigenvalue weighted by Gasteiger charge is -2.17. The molecule has 0 aliphatic carbocycles. The maximum absolute atomic E-state index is 12.9. The predicted molar refractivity (Wildman–Crippen MR) is 103 cm³/mol. The summed E-state index contributed by atoms with van der Waals surface area (Å²) in [4.78, 5) is 33.9. The number of rotatable bonds is 3. The minimum Gasteiger partial charge on any atom is -0.379 e. The molecule has 0 aromatic carbocycles. The lowest BCUT2D eigenvalue weighted by Crippen LogP contribution is -2.26. The van der Waals surface area contributed by atoms with Crippen molar-refractivity contribution in [3.8, 4) is 0 Å². The van der Waals surface area contributed by atoms with Crippen LogP contribution in [0.4, 0.5) is 5.69 Å². The zero-order chi connectivity index (χ0) is 19.0. The Morgan fingerprint density at radius 2 is 2.07 bits per heavy atom. The fraction of sp³-hybridized carbons (Fsp3) is 0.222. The van der Waals surface area contributed by atoms with Crippen molar-refractivity contribution in [2.24, 2.45) is 0 Å². The first-order valence-electron chi connectivity index (χ1n) is 8.24. The summed E-state index contributed by atoms with van der Waals surface area (Å²) in [6.45, 7) is 1.12. The van der Waals surface area contributed by atoms with Crippen LogP contribution >= 0.6 is 23.2 Å². The van der Waals surface area contributed by atoms with Crippen LogP contribution in [-0.2, 0) is 4.74 Å². The van der Waals surface area contributed by atoms with Crippen molar-refractivity contribution in [2.75, 3.05) is 18.5 Å². The number of anilines is 1. The van der Waals surface area contributed by atoms with Gasteiger partial charge in [-0.05, 0) is 18.6 Å². The summed E-state index contributed by atoms with van der Waals surface area (Å²) in [6.07, 6.45) is 6.64. The summed E-state index contributed by atoms with van der Waals surface area (Å²) < 4.78 is 7.28. The number of aromatic nitrogens is 3. The smallest absolute Gasteiger partial charge is 0.261 e. The molecule has 0 bridgehead atoms. The van der Waals surface area contributed by atoms with Crippen molar-refractivity contribution in [2.45, 2.75) is 12.5 Å². The highest BCUT2D eigenvalue weighted by molar-refractivity contribution is 6.39. The number of hydrogen-bond acceptors (Lipinski definition) is 5. The number of carbonyl (C=O) groups excluding carboxylic acids is 1. The number of amides is 1. The van der Waals surface area contributed by atoms with E-state index in [-0.39, 0.29) is 27.3 Å². The Bertz CT molecular complexity index is 1070. The van der Waals surface area contributed by atoms with Gasteiger partial charge in [-0.2, -0.15) is 0 Å². The van der Waals surface area contributed by atoms with Crippen molar-refractivity contribution in [3.63, 3.8) is 0 Å². The first kappa shape index (κ1) is 17.9. The fourth-order valence-electron chi connectivity index (χ4n) is 3.08. The molecule has 138 valence electrons. The molecule has 0 unspecified atom stereocenters. The second kappa shape index (κ2) is 7.26. The van der Waals surface area contributed by atoms with Crippen LogP contribution in [0.25, 0.3) is 11.0 Å². The quantitative estimate of drug-likeness (QED) is 0.723. The van der Waals surface area contributed by atoms with Crippen LogP contribution < -0.4 is 10.7 Å². The molecule has 1 N–H and O–H groups in total. The molecule has 0 spiro atoms. The van der Waals surface area contributed by atoms with Crippen LogP contribution in [0, 0.1) is 0 Å². The second-order valence-corrected chi connectivity index (χ2v) is 6.92. The average molecular weight is 405 g/mol. The minimum absolute atomic E-state index is 0.00245. The zero-order valence-electron chi connectivity index (χ0n) is 14.0. The Balaban J connectivity index is 1.82. The van der Waals surface area contributed by atoms with Crippen molar-refractivity contribution in [3.05, 3.63) is 62.8 Å². The summed E-state index contributed by atoms with van der Waals surface area (Å²) in [6, 6.07) is 3.32. The van der Waals surface area contributed by atoms with Crippen LogP contribution in [0.2, 0.25) is 10.0 Å². The van der Waals surface area contributed by atoms with E-state index < -0.39 is 11.3 Å². The van der Waals surface area contributed by atoms with Crippen molar-refractivity contribution >= 4 is 45.8 Å². The average Bonchev–Trinajstić information content (AvgIpc) is 3.20. The largest absolute Gasteiger partial charge is 0.379 e. The van der Waals surface area contributed by atoms with Gasteiger partial charge >= 0.3 is 0 Å². The van der Waals surface area contributed by atoms with Gasteiger partial charge in [0.1, 0.15) is 11.2 Å². The van der Waals surface area contributed by atoms with Crippen molar-refractivity contribution in [1.29, 1.82) is 0 Å². The van der Waals surface area contributed by atoms with Gasteiger partial charge in [0.15, 0.2) is 0 Å². The van der Waals surface area contributed by atoms with E-state index in [0.717, 1.165) is 6.42 Å². The molecule has 9 heteroatoms. The summed E-state index contributed by atoms with van der Waals surface area (Å²) in [7, 11) is 0. The van der Waals surface area contributed by atoms with E-state index in [4.69, 9.17) is 27.9 Å². The van der Waals surface area contributed by atoms with E-state index >= 15 is 0 Å². The molecule has 3 aromatic rings. The molecule has 0 saturated carbocycles. The second-order valence-electron chi connectivity index (χ2n) is 6.10. The minimum atomic E-state index is -0.603. The predicted octanol–water partition coefficient (Wildman–Crippen LogP) is 3.31. The molecule has 1 saturated heterocycles. The van der Waals surface area contributed by atoms with Crippen molar-refractivity contribution < 1.29 is 9.53 Å². The van der Waals surface area contributed by atoms with Gasteiger partial charge < -0.3 is 14.6 Å². The number of nitrogens with one attached hydrogen (secondary N) is 1. The highest BCUT2D eigenvalue weighted by Crippen LogP contribution is 2.29. The molecule has 1 aliphatic heterocycles. The zero-order valence-corrected chi connectivity index (χ0v) is 15.5. The topological polar surface area (TPSA) is 86.1 Å². The number of carbonyl (C=O) groups is 1. The molecule has 3 aromatic heterocycles. The Hall–Kier alpha value is -2.48. The number of halogens is 2. The van der Waals surface area contributed by atoms with Gasteiger partial charge in [0.25, 0.3) is 5.91 Å². The Kier molecular flexibility index (Phi) is 4.82. The van der Waals surface area contributed by atoms with Gasteiger partial charge in [0, 0.05) is 31.4 Å². The Morgan fingerprint density at radius 1 is 1.30 bits per heavy atom. The number of fused-ring (bicyclic) bond motifs is 1. The number of nitrogens with zero attached hydrogens (tertiary/aromatic N) is 3. The molecule has 0 radical (unpaired) electrons. The first-order chi connectivity index (χ1) is 13.1. The number of hydrogen-bond donors (Lipinski definition) is 1. The van der Waals surface area contributed by atoms with Gasteiger partial charge in [-0.15, -0.1) is 0 Å². The molecule has 27 heavy (non-hydrogen) atoms. The summed E-state index contributed by atoms with van der Waals surface area (Å²) in [5.41, 5.74) is 0.299. The Morgan fingerprint density at radius 3 is 2.78 bits per heavy atom. The van der Waals surface area contributed by atoms with E-state index in [2.05, 4.69) is 15.3 Å². The normalized spacial score (nSPS) is 16.6. The van der Waals surface area contributed by atoms with Gasteiger partial charge in [0.2, 0.25) is 5.43 Å². The van der Waals surface area contributed by atoms with Crippen LogP contribution in [0.1, 0.15) is 22.8 Å². The third-order valence-corrected chi connectivity index (χ3v) is 5.00. The highest BCUT2D eigenvalue weighted by Gasteiger charge is 2.23. The lowest BCUT2D eigenvalue weighted by molar-refractivity contribution is 0.102. The number of ether oxygens (including phenoxy) is 1. The first-order valence-corrected chi connectivity index (χ1v) is 9.00. The summed E-state index contributed by atoms with van der Waals surface area (Å²) in [5, 5.41) is 3.34. The van der Waals surface area contributed by atoms with Gasteiger partial charge in [-0.3, -0.25) is 14.6 Å². The van der Waals surface area contributed by atoms with E-state index in [1.165, 1.54) is 18.6 Å². The molecule has 1 amide bonds. The maximum atomic E-state index is 12.9. The molecule has 1 aliphatic rings. The third kappa shape index (κ3) is 3.29. The van der Waals surface area contributed by atoms with E-state index in [1.807, 2.05) is 4.57 Å². The Labute approximate surface area is 163 Å². The molecule has 7 nitrogen and oxygen atoms in total. The SMILES string of the molecule is O=C(Nc1c(Cl)cncc1Cl)c1cn([C@H]2CCOC2)c2ncccc2c1=O. The van der Waals surface area contributed by atoms with Crippen LogP contribution in [-0.4, -0.2) is 33.7 Å². The van der Waals surface area contributed by atoms with Gasteiger partial charge in [-0.25, -0.2) is 4.98 Å². The van der Waals surface area contributed by atoms with Gasteiger partial charge in [-0.1, -0.05) is 23.2 Å². The lowest BCUT2D eigenvalue weighted by atomic mass is 10.1. The van der Waals surface area contributed by atoms with E-state index in [9.17, 15) is 9.59 Å². The van der Waals surface area contributed by atoms with Crippen LogP contribution in [0.15, 0.2) is 41.7 Å². The maximum Gasteiger partial charge on any atom is 0.261 e. The molecular weight excluding hydrogens is 391 g/mol. The van der Waals surface area contributed by atoms with E-state index in [0.29, 0.717) is 24.2 Å². The third-order valence-electron chi connectivity index (χ3n) is 4.42. The molecule has 1 atom stereocenters. The molecular formula is C18H14Cl2N4O3.